The molecule has 1 aliphatic rings. The summed E-state index contributed by atoms with van der Waals surface area (Å²) in [5.74, 6) is -0.276. The number of rotatable bonds is 2. The molecule has 0 radical (unpaired) electrons. The van der Waals surface area contributed by atoms with E-state index in [-0.39, 0.29) is 5.82 Å². The van der Waals surface area contributed by atoms with Crippen LogP contribution in [0.15, 0.2) is 29.6 Å². The van der Waals surface area contributed by atoms with Gasteiger partial charge in [-0.15, -0.1) is 11.3 Å². The van der Waals surface area contributed by atoms with Gasteiger partial charge in [0.05, 0.1) is 11.6 Å². The Morgan fingerprint density at radius 1 is 1.37 bits per heavy atom. The SMILES string of the molecule is N#Cc1ccc(F)cc1CN1CCc2sccc2C1. The average molecular weight is 272 g/mol. The van der Waals surface area contributed by atoms with Crippen molar-refractivity contribution in [3.63, 3.8) is 0 Å². The average Bonchev–Trinajstić information content (AvgIpc) is 2.86. The van der Waals surface area contributed by atoms with Crippen LogP contribution in [-0.4, -0.2) is 11.4 Å². The van der Waals surface area contributed by atoms with E-state index in [4.69, 9.17) is 5.26 Å². The maximum Gasteiger partial charge on any atom is 0.123 e. The van der Waals surface area contributed by atoms with E-state index in [1.54, 1.807) is 17.4 Å². The number of nitrogens with zero attached hydrogens (tertiary/aromatic N) is 2. The van der Waals surface area contributed by atoms with Gasteiger partial charge >= 0.3 is 0 Å². The molecule has 4 heteroatoms. The van der Waals surface area contributed by atoms with E-state index in [0.717, 1.165) is 25.1 Å². The van der Waals surface area contributed by atoms with Gasteiger partial charge in [-0.25, -0.2) is 4.39 Å². The highest BCUT2D eigenvalue weighted by Gasteiger charge is 2.18. The molecule has 0 fully saturated rings. The molecule has 1 aliphatic heterocycles. The minimum absolute atomic E-state index is 0.276. The van der Waals surface area contributed by atoms with Crippen LogP contribution in [0.4, 0.5) is 4.39 Å². The monoisotopic (exact) mass is 272 g/mol. The molecule has 0 N–H and O–H groups in total. The first-order chi connectivity index (χ1) is 9.26. The van der Waals surface area contributed by atoms with E-state index in [1.165, 1.54) is 22.6 Å². The van der Waals surface area contributed by atoms with Gasteiger partial charge in [0.1, 0.15) is 5.82 Å². The van der Waals surface area contributed by atoms with Gasteiger partial charge in [-0.3, -0.25) is 4.90 Å². The minimum atomic E-state index is -0.276. The summed E-state index contributed by atoms with van der Waals surface area (Å²) >= 11 is 1.80. The van der Waals surface area contributed by atoms with Crippen molar-refractivity contribution in [2.75, 3.05) is 6.54 Å². The quantitative estimate of drug-likeness (QED) is 0.838. The largest absolute Gasteiger partial charge is 0.294 e. The van der Waals surface area contributed by atoms with Crippen molar-refractivity contribution in [1.29, 1.82) is 5.26 Å². The van der Waals surface area contributed by atoms with E-state index in [1.807, 2.05) is 0 Å². The van der Waals surface area contributed by atoms with Crippen LogP contribution in [-0.2, 0) is 19.5 Å². The fourth-order valence-electron chi connectivity index (χ4n) is 2.48. The van der Waals surface area contributed by atoms with Gasteiger partial charge in [-0.05, 0) is 47.2 Å². The number of nitriles is 1. The summed E-state index contributed by atoms with van der Waals surface area (Å²) in [6.07, 6.45) is 1.05. The zero-order valence-corrected chi connectivity index (χ0v) is 11.2. The van der Waals surface area contributed by atoms with Crippen LogP contribution in [0.2, 0.25) is 0 Å². The van der Waals surface area contributed by atoms with Crippen LogP contribution in [0.25, 0.3) is 0 Å². The molecule has 2 heterocycles. The first-order valence-electron chi connectivity index (χ1n) is 6.22. The Morgan fingerprint density at radius 2 is 2.26 bits per heavy atom. The van der Waals surface area contributed by atoms with Crippen LogP contribution < -0.4 is 0 Å². The lowest BCUT2D eigenvalue weighted by Gasteiger charge is -2.27. The number of thiophene rings is 1. The molecule has 19 heavy (non-hydrogen) atoms. The van der Waals surface area contributed by atoms with Crippen molar-refractivity contribution in [2.45, 2.75) is 19.5 Å². The Balaban J connectivity index is 1.80. The molecule has 3 rings (SSSR count). The summed E-state index contributed by atoms with van der Waals surface area (Å²) < 4.78 is 13.3. The summed E-state index contributed by atoms with van der Waals surface area (Å²) in [7, 11) is 0. The third kappa shape index (κ3) is 2.53. The normalized spacial score (nSPS) is 14.9. The molecule has 0 bridgehead atoms. The van der Waals surface area contributed by atoms with Crippen LogP contribution in [0.5, 0.6) is 0 Å². The first-order valence-corrected chi connectivity index (χ1v) is 7.10. The summed E-state index contributed by atoms with van der Waals surface area (Å²) in [6, 6.07) is 8.67. The van der Waals surface area contributed by atoms with Crippen LogP contribution in [0.1, 0.15) is 21.6 Å². The third-order valence-corrected chi connectivity index (χ3v) is 4.49. The van der Waals surface area contributed by atoms with Gasteiger partial charge in [-0.1, -0.05) is 0 Å². The zero-order chi connectivity index (χ0) is 13.2. The van der Waals surface area contributed by atoms with E-state index >= 15 is 0 Å². The van der Waals surface area contributed by atoms with Crippen molar-refractivity contribution in [3.8, 4) is 6.07 Å². The molecular formula is C15H13FN2S. The van der Waals surface area contributed by atoms with Crippen LogP contribution in [0.3, 0.4) is 0 Å². The summed E-state index contributed by atoms with van der Waals surface area (Å²) in [5, 5.41) is 11.2. The Hall–Kier alpha value is -1.70. The molecule has 96 valence electrons. The highest BCUT2D eigenvalue weighted by molar-refractivity contribution is 7.10. The summed E-state index contributed by atoms with van der Waals surface area (Å²) in [5.41, 5.74) is 2.71. The molecule has 2 nitrogen and oxygen atoms in total. The first kappa shape index (κ1) is 12.3. The van der Waals surface area contributed by atoms with E-state index < -0.39 is 0 Å². The molecule has 0 saturated carbocycles. The maximum absolute atomic E-state index is 13.3. The second-order valence-corrected chi connectivity index (χ2v) is 5.74. The molecule has 1 aromatic heterocycles. The van der Waals surface area contributed by atoms with Crippen molar-refractivity contribution in [1.82, 2.24) is 4.90 Å². The fraction of sp³-hybridized carbons (Fsp3) is 0.267. The van der Waals surface area contributed by atoms with E-state index in [9.17, 15) is 4.39 Å². The molecule has 0 unspecified atom stereocenters. The van der Waals surface area contributed by atoms with Gasteiger partial charge in [-0.2, -0.15) is 5.26 Å². The van der Waals surface area contributed by atoms with Crippen molar-refractivity contribution < 1.29 is 4.39 Å². The smallest absolute Gasteiger partial charge is 0.123 e. The Kier molecular flexibility index (Phi) is 3.33. The lowest BCUT2D eigenvalue weighted by molar-refractivity contribution is 0.247. The van der Waals surface area contributed by atoms with Gasteiger partial charge in [0.2, 0.25) is 0 Å². The molecule has 0 amide bonds. The number of halogens is 1. The Morgan fingerprint density at radius 3 is 3.11 bits per heavy atom. The van der Waals surface area contributed by atoms with Crippen LogP contribution >= 0.6 is 11.3 Å². The number of hydrogen-bond donors (Lipinski definition) is 0. The second kappa shape index (κ2) is 5.12. The molecule has 0 saturated heterocycles. The minimum Gasteiger partial charge on any atom is -0.294 e. The predicted molar refractivity (Wildman–Crippen MR) is 73.3 cm³/mol. The predicted octanol–water partition coefficient (Wildman–Crippen LogP) is 3.32. The highest BCUT2D eigenvalue weighted by atomic mass is 32.1. The number of fused-ring (bicyclic) bond motifs is 1. The zero-order valence-electron chi connectivity index (χ0n) is 10.4. The molecule has 0 aliphatic carbocycles. The van der Waals surface area contributed by atoms with Gasteiger partial charge in [0.25, 0.3) is 0 Å². The molecule has 1 aromatic carbocycles. The Labute approximate surface area is 115 Å². The van der Waals surface area contributed by atoms with Crippen molar-refractivity contribution in [2.24, 2.45) is 0 Å². The molecule has 2 aromatic rings. The second-order valence-electron chi connectivity index (χ2n) is 4.74. The van der Waals surface area contributed by atoms with Crippen molar-refractivity contribution in [3.05, 3.63) is 57.0 Å². The van der Waals surface area contributed by atoms with Gasteiger partial charge in [0, 0.05) is 24.5 Å². The van der Waals surface area contributed by atoms with E-state index in [2.05, 4.69) is 22.4 Å². The lowest BCUT2D eigenvalue weighted by atomic mass is 10.1. The molecule has 0 atom stereocenters. The topological polar surface area (TPSA) is 27.0 Å². The highest BCUT2D eigenvalue weighted by Crippen LogP contribution is 2.25. The number of hydrogen-bond acceptors (Lipinski definition) is 3. The van der Waals surface area contributed by atoms with Gasteiger partial charge < -0.3 is 0 Å². The number of benzene rings is 1. The van der Waals surface area contributed by atoms with Crippen molar-refractivity contribution >= 4 is 11.3 Å². The molecular weight excluding hydrogens is 259 g/mol. The Bertz CT molecular complexity index is 642. The van der Waals surface area contributed by atoms with Gasteiger partial charge in [0.15, 0.2) is 0 Å². The van der Waals surface area contributed by atoms with Crippen LogP contribution in [0, 0.1) is 17.1 Å². The standard InChI is InChI=1S/C15H13FN2S/c16-14-2-1-11(8-17)13(7-14)10-18-5-3-15-12(9-18)4-6-19-15/h1-2,4,6-7H,3,5,9-10H2. The fourth-order valence-corrected chi connectivity index (χ4v) is 3.37. The summed E-state index contributed by atoms with van der Waals surface area (Å²) in [4.78, 5) is 3.72. The van der Waals surface area contributed by atoms with E-state index in [0.29, 0.717) is 12.1 Å². The maximum atomic E-state index is 13.3. The molecule has 0 spiro atoms. The lowest BCUT2D eigenvalue weighted by Crippen LogP contribution is -2.29. The summed E-state index contributed by atoms with van der Waals surface area (Å²) in [6.45, 7) is 2.49. The third-order valence-electron chi connectivity index (χ3n) is 3.47.